The number of nitrogens with one attached hydrogen (secondary N) is 3. The van der Waals surface area contributed by atoms with Crippen LogP contribution >= 0.6 is 11.6 Å². The Balaban J connectivity index is 1.41. The summed E-state index contributed by atoms with van der Waals surface area (Å²) in [6, 6.07) is 9.66. The molecule has 3 heterocycles. The summed E-state index contributed by atoms with van der Waals surface area (Å²) < 4.78 is 6.35. The number of carbonyl (C=O) groups excluding carboxylic acids is 3. The van der Waals surface area contributed by atoms with E-state index >= 15 is 0 Å². The van der Waals surface area contributed by atoms with Gasteiger partial charge in [0.1, 0.15) is 12.2 Å². The second-order valence-corrected chi connectivity index (χ2v) is 9.86. The largest absolute Gasteiger partial charge is 0.465 e. The molecular formula is C28H27ClN8O4. The van der Waals surface area contributed by atoms with Gasteiger partial charge in [-0.15, -0.1) is 5.10 Å². The molecule has 0 fully saturated rings. The average molecular weight is 575 g/mol. The molecule has 12 nitrogen and oxygen atoms in total. The zero-order valence-corrected chi connectivity index (χ0v) is 22.9. The molecule has 3 N–H and O–H groups in total. The zero-order valence-electron chi connectivity index (χ0n) is 22.1. The van der Waals surface area contributed by atoms with E-state index in [1.165, 1.54) is 24.2 Å². The lowest BCUT2D eigenvalue weighted by Gasteiger charge is -2.16. The van der Waals surface area contributed by atoms with Gasteiger partial charge in [0, 0.05) is 34.8 Å². The lowest BCUT2D eigenvalue weighted by molar-refractivity contribution is -0.117. The van der Waals surface area contributed by atoms with Crippen molar-refractivity contribution < 1.29 is 19.1 Å². The first-order chi connectivity index (χ1) is 19.9. The van der Waals surface area contributed by atoms with Crippen LogP contribution in [0.25, 0.3) is 23.0 Å². The molecule has 1 atom stereocenters. The van der Waals surface area contributed by atoms with E-state index in [0.29, 0.717) is 63.9 Å². The molecule has 13 heteroatoms. The maximum atomic E-state index is 13.1. The van der Waals surface area contributed by atoms with Gasteiger partial charge in [-0.25, -0.2) is 9.78 Å². The number of aromatic nitrogens is 6. The minimum absolute atomic E-state index is 0.121. The topological polar surface area (TPSA) is 157 Å². The molecule has 210 valence electrons. The number of fused-ring (bicyclic) bond motifs is 4. The van der Waals surface area contributed by atoms with Crippen LogP contribution in [0.3, 0.4) is 0 Å². The molecule has 0 radical (unpaired) electrons. The highest BCUT2D eigenvalue weighted by molar-refractivity contribution is 6.30. The number of nitrogens with zero attached hydrogens (tertiary/aromatic N) is 5. The molecule has 4 aromatic rings. The molecule has 1 aliphatic rings. The van der Waals surface area contributed by atoms with Crippen LogP contribution in [0, 0.1) is 0 Å². The van der Waals surface area contributed by atoms with Gasteiger partial charge in [-0.05, 0) is 65.7 Å². The molecule has 2 amide bonds. The molecule has 0 unspecified atom stereocenters. The number of tetrazole rings is 1. The van der Waals surface area contributed by atoms with Crippen LogP contribution in [0.1, 0.15) is 59.9 Å². The lowest BCUT2D eigenvalue weighted by atomic mass is 10.1. The predicted molar refractivity (Wildman–Crippen MR) is 151 cm³/mol. The van der Waals surface area contributed by atoms with Gasteiger partial charge in [0.15, 0.2) is 0 Å². The maximum absolute atomic E-state index is 13.1. The van der Waals surface area contributed by atoms with E-state index in [1.807, 2.05) is 0 Å². The van der Waals surface area contributed by atoms with E-state index in [4.69, 9.17) is 21.3 Å². The minimum Gasteiger partial charge on any atom is -0.465 e. The quantitative estimate of drug-likeness (QED) is 0.236. The van der Waals surface area contributed by atoms with Crippen LogP contribution in [-0.2, 0) is 14.3 Å². The van der Waals surface area contributed by atoms with Crippen molar-refractivity contribution in [2.75, 3.05) is 12.4 Å². The van der Waals surface area contributed by atoms with Gasteiger partial charge < -0.3 is 20.4 Å². The first-order valence-electron chi connectivity index (χ1n) is 13.0. The SMILES string of the molecule is COC(=O)c1ccc2c(c1)-c1c[nH]c(n1)[C@@H](NC(=O)/C=C/c1cc(Cl)ccc1-n1cnnn1)CCCCCC(=O)N2. The van der Waals surface area contributed by atoms with Crippen molar-refractivity contribution in [2.24, 2.45) is 0 Å². The normalized spacial score (nSPS) is 15.7. The van der Waals surface area contributed by atoms with E-state index in [1.54, 1.807) is 48.7 Å². The van der Waals surface area contributed by atoms with Gasteiger partial charge in [-0.2, -0.15) is 4.68 Å². The Bertz CT molecular complexity index is 1600. The van der Waals surface area contributed by atoms with E-state index < -0.39 is 12.0 Å². The number of esters is 1. The molecule has 0 saturated carbocycles. The van der Waals surface area contributed by atoms with Crippen molar-refractivity contribution in [1.82, 2.24) is 35.5 Å². The molecule has 1 aliphatic heterocycles. The van der Waals surface area contributed by atoms with Gasteiger partial charge in [0.25, 0.3) is 0 Å². The number of rotatable bonds is 5. The number of benzene rings is 2. The number of methoxy groups -OCH3 is 1. The molecule has 2 aromatic carbocycles. The number of ether oxygens (including phenoxy) is 1. The fraction of sp³-hybridized carbons (Fsp3) is 0.250. The number of aromatic amines is 1. The van der Waals surface area contributed by atoms with Crippen LogP contribution in [0.15, 0.2) is 55.0 Å². The molecule has 2 aromatic heterocycles. The van der Waals surface area contributed by atoms with Gasteiger partial charge in [-0.1, -0.05) is 24.4 Å². The summed E-state index contributed by atoms with van der Waals surface area (Å²) in [5.74, 6) is -0.397. The van der Waals surface area contributed by atoms with Gasteiger partial charge in [-0.3, -0.25) is 9.59 Å². The monoisotopic (exact) mass is 574 g/mol. The third kappa shape index (κ3) is 6.67. The van der Waals surface area contributed by atoms with Crippen LogP contribution < -0.4 is 10.6 Å². The Morgan fingerprint density at radius 2 is 2.05 bits per heavy atom. The number of hydrogen-bond acceptors (Lipinski definition) is 8. The number of imidazole rings is 1. The van der Waals surface area contributed by atoms with E-state index in [2.05, 4.69) is 31.1 Å². The highest BCUT2D eigenvalue weighted by Crippen LogP contribution is 2.31. The number of halogens is 1. The van der Waals surface area contributed by atoms with Crippen LogP contribution in [0.2, 0.25) is 5.02 Å². The Morgan fingerprint density at radius 3 is 2.85 bits per heavy atom. The van der Waals surface area contributed by atoms with Crippen molar-refractivity contribution in [3.63, 3.8) is 0 Å². The molecular weight excluding hydrogens is 548 g/mol. The van der Waals surface area contributed by atoms with Crippen molar-refractivity contribution in [3.05, 3.63) is 77.0 Å². The number of H-pyrrole nitrogens is 1. The second kappa shape index (κ2) is 12.6. The number of hydrogen-bond donors (Lipinski definition) is 3. The molecule has 0 spiro atoms. The summed E-state index contributed by atoms with van der Waals surface area (Å²) in [4.78, 5) is 45.8. The fourth-order valence-electron chi connectivity index (χ4n) is 4.59. The molecule has 0 saturated heterocycles. The van der Waals surface area contributed by atoms with E-state index in [9.17, 15) is 14.4 Å². The van der Waals surface area contributed by atoms with Crippen molar-refractivity contribution >= 4 is 41.1 Å². The third-order valence-corrected chi connectivity index (χ3v) is 6.87. The number of amides is 2. The van der Waals surface area contributed by atoms with Gasteiger partial charge in [0.05, 0.1) is 35.8 Å². The summed E-state index contributed by atoms with van der Waals surface area (Å²) in [6.07, 6.45) is 9.44. The first-order valence-corrected chi connectivity index (χ1v) is 13.4. The lowest BCUT2D eigenvalue weighted by Crippen LogP contribution is -2.27. The first kappa shape index (κ1) is 27.7. The van der Waals surface area contributed by atoms with Crippen LogP contribution in [0.5, 0.6) is 0 Å². The van der Waals surface area contributed by atoms with Crippen molar-refractivity contribution in [2.45, 2.75) is 38.1 Å². The van der Waals surface area contributed by atoms with Gasteiger partial charge in [0.2, 0.25) is 11.8 Å². The Kier molecular flexibility index (Phi) is 8.49. The minimum atomic E-state index is -0.502. The number of anilines is 1. The van der Waals surface area contributed by atoms with Crippen LogP contribution in [-0.4, -0.2) is 55.1 Å². The Labute approximate surface area is 240 Å². The summed E-state index contributed by atoms with van der Waals surface area (Å²) in [5.41, 5.74) is 3.25. The average Bonchev–Trinajstić information content (AvgIpc) is 3.68. The predicted octanol–water partition coefficient (Wildman–Crippen LogP) is 4.27. The maximum Gasteiger partial charge on any atom is 0.337 e. The standard InChI is InChI=1S/C28H27ClN8O4/c1-41-28(40)18-7-10-21-20(14-18)23-15-30-27(34-23)22(5-3-2-4-6-25(38)32-21)33-26(39)12-8-17-13-19(29)9-11-24(17)37-16-31-35-36-37/h7-16,22H,2-6H2,1H3,(H,30,34)(H,32,38)(H,33,39)/b12-8+/t22-/m0/s1. The summed E-state index contributed by atoms with van der Waals surface area (Å²) >= 11 is 6.19. The highest BCUT2D eigenvalue weighted by Gasteiger charge is 2.21. The molecule has 5 rings (SSSR count). The van der Waals surface area contributed by atoms with Gasteiger partial charge >= 0.3 is 5.97 Å². The summed E-state index contributed by atoms with van der Waals surface area (Å²) in [6.45, 7) is 0. The fourth-order valence-corrected chi connectivity index (χ4v) is 4.77. The Hall–Kier alpha value is -4.84. The van der Waals surface area contributed by atoms with E-state index in [-0.39, 0.29) is 11.8 Å². The second-order valence-electron chi connectivity index (χ2n) is 9.42. The Morgan fingerprint density at radius 1 is 1.17 bits per heavy atom. The summed E-state index contributed by atoms with van der Waals surface area (Å²) in [5, 5.41) is 17.7. The van der Waals surface area contributed by atoms with Crippen molar-refractivity contribution in [3.8, 4) is 16.9 Å². The van der Waals surface area contributed by atoms with Crippen LogP contribution in [0.4, 0.5) is 5.69 Å². The summed E-state index contributed by atoms with van der Waals surface area (Å²) in [7, 11) is 1.31. The molecule has 2 bridgehead atoms. The smallest absolute Gasteiger partial charge is 0.337 e. The van der Waals surface area contributed by atoms with E-state index in [0.717, 1.165) is 12.8 Å². The van der Waals surface area contributed by atoms with Crippen molar-refractivity contribution in [1.29, 1.82) is 0 Å². The molecule has 41 heavy (non-hydrogen) atoms. The number of carbonyl (C=O) groups is 3. The third-order valence-electron chi connectivity index (χ3n) is 6.63. The highest BCUT2D eigenvalue weighted by atomic mass is 35.5. The zero-order chi connectivity index (χ0) is 28.8. The molecule has 0 aliphatic carbocycles.